The number of nitrogen functional groups attached to an aromatic ring is 1. The second-order valence-electron chi connectivity index (χ2n) is 4.05. The molecule has 0 atom stereocenters. The normalized spacial score (nSPS) is 10.5. The number of hydrogen-bond acceptors (Lipinski definition) is 3. The Balaban J connectivity index is 2.33. The van der Waals surface area contributed by atoms with E-state index >= 15 is 0 Å². The van der Waals surface area contributed by atoms with Gasteiger partial charge in [0.2, 0.25) is 0 Å². The van der Waals surface area contributed by atoms with Crippen LogP contribution in [0.4, 0.5) is 11.5 Å². The van der Waals surface area contributed by atoms with Gasteiger partial charge in [-0.3, -0.25) is 9.48 Å². The highest BCUT2D eigenvalue weighted by atomic mass is 35.5. The highest BCUT2D eigenvalue weighted by Crippen LogP contribution is 2.25. The molecule has 0 spiro atoms. The number of aryl methyl sites for hydroxylation is 2. The molecule has 0 saturated heterocycles. The van der Waals surface area contributed by atoms with Crippen LogP contribution in [0.25, 0.3) is 0 Å². The molecule has 5 nitrogen and oxygen atoms in total. The number of nitrogens with one attached hydrogen (secondary N) is 1. The molecular weight excluding hydrogens is 287 g/mol. The average Bonchev–Trinajstić information content (AvgIpc) is 2.59. The maximum absolute atomic E-state index is 12.1. The van der Waals surface area contributed by atoms with Gasteiger partial charge in [-0.2, -0.15) is 5.10 Å². The maximum Gasteiger partial charge on any atom is 0.258 e. The predicted octanol–water partition coefficient (Wildman–Crippen LogP) is 2.87. The highest BCUT2D eigenvalue weighted by molar-refractivity contribution is 6.36. The van der Waals surface area contributed by atoms with Crippen LogP contribution in [0, 0.1) is 6.92 Å². The van der Waals surface area contributed by atoms with E-state index in [9.17, 15) is 4.79 Å². The van der Waals surface area contributed by atoms with Gasteiger partial charge >= 0.3 is 0 Å². The SMILES string of the molecule is Cc1nn(C)c(NC(=O)c2cc(Cl)ccc2Cl)c1N. The number of halogens is 2. The molecule has 0 aliphatic rings. The molecule has 2 rings (SSSR count). The first-order valence-corrected chi connectivity index (χ1v) is 6.21. The molecular formula is C12H12Cl2N4O. The van der Waals surface area contributed by atoms with Gasteiger partial charge in [-0.1, -0.05) is 23.2 Å². The van der Waals surface area contributed by atoms with Crippen LogP contribution in [0.1, 0.15) is 16.1 Å². The number of hydrogen-bond donors (Lipinski definition) is 2. The summed E-state index contributed by atoms with van der Waals surface area (Å²) in [7, 11) is 1.69. The summed E-state index contributed by atoms with van der Waals surface area (Å²) in [6.07, 6.45) is 0. The summed E-state index contributed by atoms with van der Waals surface area (Å²) in [6.45, 7) is 1.76. The lowest BCUT2D eigenvalue weighted by atomic mass is 10.2. The number of carbonyl (C=O) groups excluding carboxylic acids is 1. The van der Waals surface area contributed by atoms with Crippen molar-refractivity contribution in [3.05, 3.63) is 39.5 Å². The number of nitrogens with two attached hydrogens (primary N) is 1. The Labute approximate surface area is 120 Å². The van der Waals surface area contributed by atoms with Gasteiger partial charge in [-0.15, -0.1) is 0 Å². The van der Waals surface area contributed by atoms with Gasteiger partial charge in [0.15, 0.2) is 5.82 Å². The van der Waals surface area contributed by atoms with Crippen molar-refractivity contribution in [2.45, 2.75) is 6.92 Å². The van der Waals surface area contributed by atoms with Gasteiger partial charge in [0.1, 0.15) is 0 Å². The van der Waals surface area contributed by atoms with E-state index in [1.54, 1.807) is 26.1 Å². The van der Waals surface area contributed by atoms with E-state index in [1.807, 2.05) is 0 Å². The van der Waals surface area contributed by atoms with Crippen LogP contribution in [0.3, 0.4) is 0 Å². The van der Waals surface area contributed by atoms with Crippen molar-refractivity contribution in [1.82, 2.24) is 9.78 Å². The molecule has 0 radical (unpaired) electrons. The number of benzene rings is 1. The molecule has 2 aromatic rings. The van der Waals surface area contributed by atoms with E-state index in [2.05, 4.69) is 10.4 Å². The molecule has 0 saturated carbocycles. The minimum atomic E-state index is -0.387. The number of nitrogens with zero attached hydrogens (tertiary/aromatic N) is 2. The lowest BCUT2D eigenvalue weighted by Crippen LogP contribution is -2.16. The molecule has 19 heavy (non-hydrogen) atoms. The maximum atomic E-state index is 12.1. The number of amides is 1. The van der Waals surface area contributed by atoms with Crippen molar-refractivity contribution in [3.63, 3.8) is 0 Å². The number of anilines is 2. The Bertz CT molecular complexity index is 651. The van der Waals surface area contributed by atoms with Gasteiger partial charge in [-0.25, -0.2) is 0 Å². The molecule has 1 aromatic carbocycles. The minimum absolute atomic E-state index is 0.285. The van der Waals surface area contributed by atoms with Gasteiger partial charge in [-0.05, 0) is 25.1 Å². The third-order valence-corrected chi connectivity index (χ3v) is 3.24. The molecule has 7 heteroatoms. The molecule has 100 valence electrons. The van der Waals surface area contributed by atoms with Crippen molar-refractivity contribution < 1.29 is 4.79 Å². The van der Waals surface area contributed by atoms with Gasteiger partial charge in [0.25, 0.3) is 5.91 Å². The number of rotatable bonds is 2. The minimum Gasteiger partial charge on any atom is -0.394 e. The summed E-state index contributed by atoms with van der Waals surface area (Å²) < 4.78 is 1.50. The number of aromatic nitrogens is 2. The van der Waals surface area contributed by atoms with E-state index in [0.29, 0.717) is 27.2 Å². The predicted molar refractivity (Wildman–Crippen MR) is 76.8 cm³/mol. The first-order chi connectivity index (χ1) is 8.90. The first kappa shape index (κ1) is 13.7. The zero-order chi connectivity index (χ0) is 14.2. The van der Waals surface area contributed by atoms with E-state index in [-0.39, 0.29) is 11.5 Å². The largest absolute Gasteiger partial charge is 0.394 e. The van der Waals surface area contributed by atoms with E-state index in [4.69, 9.17) is 28.9 Å². The highest BCUT2D eigenvalue weighted by Gasteiger charge is 2.16. The average molecular weight is 299 g/mol. The monoisotopic (exact) mass is 298 g/mol. The smallest absolute Gasteiger partial charge is 0.258 e. The molecule has 1 heterocycles. The van der Waals surface area contributed by atoms with Crippen molar-refractivity contribution in [1.29, 1.82) is 0 Å². The van der Waals surface area contributed by atoms with E-state index in [1.165, 1.54) is 10.7 Å². The van der Waals surface area contributed by atoms with Crippen molar-refractivity contribution in [3.8, 4) is 0 Å². The third-order valence-electron chi connectivity index (χ3n) is 2.67. The topological polar surface area (TPSA) is 72.9 Å². The summed E-state index contributed by atoms with van der Waals surface area (Å²) in [4.78, 5) is 12.1. The summed E-state index contributed by atoms with van der Waals surface area (Å²) in [5, 5.41) is 7.55. The zero-order valence-corrected chi connectivity index (χ0v) is 11.9. The van der Waals surface area contributed by atoms with E-state index in [0.717, 1.165) is 0 Å². The standard InChI is InChI=1S/C12H12Cl2N4O/c1-6-10(15)11(18(2)17-6)16-12(19)8-5-7(13)3-4-9(8)14/h3-5H,15H2,1-2H3,(H,16,19). The molecule has 0 fully saturated rings. The second-order valence-corrected chi connectivity index (χ2v) is 4.89. The zero-order valence-electron chi connectivity index (χ0n) is 10.4. The van der Waals surface area contributed by atoms with Crippen LogP contribution in [0.5, 0.6) is 0 Å². The van der Waals surface area contributed by atoms with Crippen LogP contribution in [0.2, 0.25) is 10.0 Å². The fourth-order valence-electron chi connectivity index (χ4n) is 1.67. The Kier molecular flexibility index (Phi) is 3.68. The van der Waals surface area contributed by atoms with Crippen LogP contribution in [-0.4, -0.2) is 15.7 Å². The van der Waals surface area contributed by atoms with Crippen molar-refractivity contribution in [2.24, 2.45) is 7.05 Å². The Hall–Kier alpha value is -1.72. The third kappa shape index (κ3) is 2.67. The molecule has 0 aliphatic heterocycles. The Morgan fingerprint density at radius 1 is 1.42 bits per heavy atom. The van der Waals surface area contributed by atoms with Crippen molar-refractivity contribution in [2.75, 3.05) is 11.1 Å². The molecule has 0 unspecified atom stereocenters. The molecule has 1 amide bonds. The quantitative estimate of drug-likeness (QED) is 0.895. The molecule has 0 aliphatic carbocycles. The van der Waals surface area contributed by atoms with Crippen molar-refractivity contribution >= 4 is 40.6 Å². The van der Waals surface area contributed by atoms with Crippen LogP contribution < -0.4 is 11.1 Å². The summed E-state index contributed by atoms with van der Waals surface area (Å²) >= 11 is 11.8. The molecule has 0 bridgehead atoms. The summed E-state index contributed by atoms with van der Waals surface area (Å²) in [5.41, 5.74) is 7.20. The molecule has 3 N–H and O–H groups in total. The lowest BCUT2D eigenvalue weighted by Gasteiger charge is -2.08. The van der Waals surface area contributed by atoms with Gasteiger partial charge in [0.05, 0.1) is 22.0 Å². The fourth-order valence-corrected chi connectivity index (χ4v) is 2.04. The molecule has 1 aromatic heterocycles. The van der Waals surface area contributed by atoms with Gasteiger partial charge in [0, 0.05) is 12.1 Å². The van der Waals surface area contributed by atoms with Crippen LogP contribution in [0.15, 0.2) is 18.2 Å². The summed E-state index contributed by atoms with van der Waals surface area (Å²) in [6, 6.07) is 4.68. The van der Waals surface area contributed by atoms with Crippen LogP contribution >= 0.6 is 23.2 Å². The lowest BCUT2D eigenvalue weighted by molar-refractivity contribution is 0.102. The van der Waals surface area contributed by atoms with E-state index < -0.39 is 0 Å². The first-order valence-electron chi connectivity index (χ1n) is 5.45. The Morgan fingerprint density at radius 3 is 2.68 bits per heavy atom. The summed E-state index contributed by atoms with van der Waals surface area (Å²) in [5.74, 6) is 0.0424. The fraction of sp³-hybridized carbons (Fsp3) is 0.167. The second kappa shape index (κ2) is 5.11. The van der Waals surface area contributed by atoms with Gasteiger partial charge < -0.3 is 11.1 Å². The number of carbonyl (C=O) groups is 1. The Morgan fingerprint density at radius 2 is 2.11 bits per heavy atom. The van der Waals surface area contributed by atoms with Crippen LogP contribution in [-0.2, 0) is 7.05 Å².